The number of nitriles is 1. The average Bonchev–Trinajstić information content (AvgIpc) is 3.31. The van der Waals surface area contributed by atoms with Gasteiger partial charge in [-0.15, -0.1) is 0 Å². The summed E-state index contributed by atoms with van der Waals surface area (Å²) in [6.07, 6.45) is 1.83. The number of H-pyrrole nitrogens is 1. The van der Waals surface area contributed by atoms with E-state index in [1.807, 2.05) is 38.2 Å². The van der Waals surface area contributed by atoms with Crippen molar-refractivity contribution in [2.45, 2.75) is 26.3 Å². The number of aromatic amines is 1. The molecule has 0 bridgehead atoms. The Morgan fingerprint density at radius 3 is 2.85 bits per heavy atom. The molecular weight excluding hydrogens is 364 g/mol. The number of halogens is 1. The van der Waals surface area contributed by atoms with E-state index in [1.165, 1.54) is 0 Å². The second kappa shape index (κ2) is 8.06. The third kappa shape index (κ3) is 4.36. The Bertz CT molecular complexity index is 998. The molecular formula is C19H19ClN6O. The second-order valence-corrected chi connectivity index (χ2v) is 6.80. The van der Waals surface area contributed by atoms with Gasteiger partial charge in [-0.2, -0.15) is 15.5 Å². The van der Waals surface area contributed by atoms with Gasteiger partial charge in [0.25, 0.3) is 5.91 Å². The largest absolute Gasteiger partial charge is 0.349 e. The van der Waals surface area contributed by atoms with Crippen LogP contribution in [0.3, 0.4) is 0 Å². The third-order valence-electron chi connectivity index (χ3n) is 4.10. The van der Waals surface area contributed by atoms with Crippen molar-refractivity contribution in [3.05, 3.63) is 58.5 Å². The second-order valence-electron chi connectivity index (χ2n) is 6.39. The van der Waals surface area contributed by atoms with Crippen LogP contribution in [0.1, 0.15) is 41.5 Å². The molecule has 0 radical (unpaired) electrons. The number of hydrogen-bond acceptors (Lipinski definition) is 4. The van der Waals surface area contributed by atoms with Gasteiger partial charge in [0, 0.05) is 24.0 Å². The van der Waals surface area contributed by atoms with Crippen LogP contribution >= 0.6 is 11.6 Å². The van der Waals surface area contributed by atoms with E-state index in [2.05, 4.69) is 20.6 Å². The maximum absolute atomic E-state index is 12.1. The first-order valence-corrected chi connectivity index (χ1v) is 8.92. The SMILES string of the molecule is CC(C)c1cc(C(=O)NCCn2ccc(-c3ccc(C#N)c(Cl)c3)n2)n[nH]1. The summed E-state index contributed by atoms with van der Waals surface area (Å²) in [4.78, 5) is 12.1. The molecule has 2 heterocycles. The number of benzene rings is 1. The summed E-state index contributed by atoms with van der Waals surface area (Å²) in [5, 5.41) is 23.6. The van der Waals surface area contributed by atoms with Gasteiger partial charge in [-0.25, -0.2) is 0 Å². The highest BCUT2D eigenvalue weighted by molar-refractivity contribution is 6.32. The van der Waals surface area contributed by atoms with Gasteiger partial charge < -0.3 is 5.32 Å². The lowest BCUT2D eigenvalue weighted by molar-refractivity contribution is 0.0947. The predicted molar refractivity (Wildman–Crippen MR) is 102 cm³/mol. The molecule has 0 spiro atoms. The molecule has 0 aliphatic rings. The number of nitrogens with zero attached hydrogens (tertiary/aromatic N) is 4. The molecule has 0 fully saturated rings. The topological polar surface area (TPSA) is 99.4 Å². The lowest BCUT2D eigenvalue weighted by Crippen LogP contribution is -2.27. The van der Waals surface area contributed by atoms with Crippen LogP contribution in [0.5, 0.6) is 0 Å². The minimum atomic E-state index is -0.218. The van der Waals surface area contributed by atoms with Crippen LogP contribution < -0.4 is 5.32 Å². The van der Waals surface area contributed by atoms with Crippen LogP contribution in [-0.2, 0) is 6.54 Å². The molecule has 3 rings (SSSR count). The van der Waals surface area contributed by atoms with Gasteiger partial charge in [-0.05, 0) is 30.2 Å². The monoisotopic (exact) mass is 382 g/mol. The van der Waals surface area contributed by atoms with Gasteiger partial charge in [0.1, 0.15) is 11.8 Å². The summed E-state index contributed by atoms with van der Waals surface area (Å²) in [5.74, 6) is 0.0710. The molecule has 0 saturated carbocycles. The smallest absolute Gasteiger partial charge is 0.271 e. The lowest BCUT2D eigenvalue weighted by Gasteiger charge is -2.04. The molecule has 7 nitrogen and oxygen atoms in total. The van der Waals surface area contributed by atoms with Gasteiger partial charge in [-0.3, -0.25) is 14.6 Å². The van der Waals surface area contributed by atoms with Crippen molar-refractivity contribution in [1.29, 1.82) is 5.26 Å². The Labute approximate surface area is 162 Å². The number of aromatic nitrogens is 4. The maximum atomic E-state index is 12.1. The Kier molecular flexibility index (Phi) is 5.57. The number of nitrogens with one attached hydrogen (secondary N) is 2. The van der Waals surface area contributed by atoms with Crippen LogP contribution in [0.2, 0.25) is 5.02 Å². The van der Waals surface area contributed by atoms with E-state index in [-0.39, 0.29) is 11.8 Å². The molecule has 27 heavy (non-hydrogen) atoms. The van der Waals surface area contributed by atoms with Gasteiger partial charge in [-0.1, -0.05) is 31.5 Å². The molecule has 0 unspecified atom stereocenters. The van der Waals surface area contributed by atoms with Crippen molar-refractivity contribution in [2.24, 2.45) is 0 Å². The van der Waals surface area contributed by atoms with Gasteiger partial charge in [0.2, 0.25) is 0 Å². The molecule has 2 N–H and O–H groups in total. The number of rotatable bonds is 6. The maximum Gasteiger partial charge on any atom is 0.271 e. The Morgan fingerprint density at radius 2 is 2.19 bits per heavy atom. The van der Waals surface area contributed by atoms with Crippen molar-refractivity contribution >= 4 is 17.5 Å². The summed E-state index contributed by atoms with van der Waals surface area (Å²) in [6.45, 7) is 5.02. The minimum Gasteiger partial charge on any atom is -0.349 e. The van der Waals surface area contributed by atoms with Crippen molar-refractivity contribution in [1.82, 2.24) is 25.3 Å². The first-order valence-electron chi connectivity index (χ1n) is 8.55. The first kappa shape index (κ1) is 18.7. The predicted octanol–water partition coefficient (Wildman–Crippen LogP) is 3.35. The Hall–Kier alpha value is -3.11. The molecule has 0 aliphatic heterocycles. The van der Waals surface area contributed by atoms with E-state index < -0.39 is 0 Å². The number of hydrogen-bond donors (Lipinski definition) is 2. The van der Waals surface area contributed by atoms with E-state index in [9.17, 15) is 4.79 Å². The van der Waals surface area contributed by atoms with Crippen LogP contribution in [0.4, 0.5) is 0 Å². The summed E-state index contributed by atoms with van der Waals surface area (Å²) in [5.41, 5.74) is 3.33. The van der Waals surface area contributed by atoms with Crippen LogP contribution in [-0.4, -0.2) is 32.4 Å². The van der Waals surface area contributed by atoms with E-state index >= 15 is 0 Å². The van der Waals surface area contributed by atoms with E-state index in [0.717, 1.165) is 17.0 Å². The summed E-state index contributed by atoms with van der Waals surface area (Å²) >= 11 is 6.07. The van der Waals surface area contributed by atoms with E-state index in [1.54, 1.807) is 22.9 Å². The standard InChI is InChI=1S/C19H19ClN6O/c1-12(2)17-10-18(24-23-17)19(27)22-6-8-26-7-5-16(25-26)13-3-4-14(11-21)15(20)9-13/h3-5,7,9-10,12H,6,8H2,1-2H3,(H,22,27)(H,23,24). The van der Waals surface area contributed by atoms with Crippen molar-refractivity contribution < 1.29 is 4.79 Å². The zero-order valence-corrected chi connectivity index (χ0v) is 15.8. The quantitative estimate of drug-likeness (QED) is 0.682. The lowest BCUT2D eigenvalue weighted by atomic mass is 10.1. The van der Waals surface area contributed by atoms with Crippen molar-refractivity contribution in [3.8, 4) is 17.3 Å². The fourth-order valence-corrected chi connectivity index (χ4v) is 2.75. The summed E-state index contributed by atoms with van der Waals surface area (Å²) in [6, 6.07) is 10.9. The van der Waals surface area contributed by atoms with Crippen molar-refractivity contribution in [3.63, 3.8) is 0 Å². The molecule has 3 aromatic rings. The normalized spacial score (nSPS) is 10.8. The highest BCUT2D eigenvalue weighted by Gasteiger charge is 2.12. The number of carbonyl (C=O) groups excluding carboxylic acids is 1. The van der Waals surface area contributed by atoms with Crippen LogP contribution in [0, 0.1) is 11.3 Å². The average molecular weight is 383 g/mol. The minimum absolute atomic E-state index is 0.218. The summed E-state index contributed by atoms with van der Waals surface area (Å²) in [7, 11) is 0. The molecule has 8 heteroatoms. The van der Waals surface area contributed by atoms with Gasteiger partial charge in [0.15, 0.2) is 0 Å². The summed E-state index contributed by atoms with van der Waals surface area (Å²) < 4.78 is 1.74. The molecule has 0 saturated heterocycles. The highest BCUT2D eigenvalue weighted by atomic mass is 35.5. The Morgan fingerprint density at radius 1 is 1.37 bits per heavy atom. The molecule has 0 atom stereocenters. The molecule has 0 aliphatic carbocycles. The molecule has 2 aromatic heterocycles. The van der Waals surface area contributed by atoms with Gasteiger partial charge >= 0.3 is 0 Å². The fourth-order valence-electron chi connectivity index (χ4n) is 2.53. The van der Waals surface area contributed by atoms with E-state index in [0.29, 0.717) is 29.4 Å². The number of carbonyl (C=O) groups is 1. The zero-order chi connectivity index (χ0) is 19.4. The molecule has 1 amide bonds. The van der Waals surface area contributed by atoms with Crippen LogP contribution in [0.15, 0.2) is 36.5 Å². The van der Waals surface area contributed by atoms with Crippen molar-refractivity contribution in [2.75, 3.05) is 6.54 Å². The molecule has 1 aromatic carbocycles. The zero-order valence-electron chi connectivity index (χ0n) is 15.0. The fraction of sp³-hybridized carbons (Fsp3) is 0.263. The third-order valence-corrected chi connectivity index (χ3v) is 4.42. The Balaban J connectivity index is 1.57. The first-order chi connectivity index (χ1) is 13.0. The van der Waals surface area contributed by atoms with E-state index in [4.69, 9.17) is 16.9 Å². The highest BCUT2D eigenvalue weighted by Crippen LogP contribution is 2.24. The molecule has 138 valence electrons. The van der Waals surface area contributed by atoms with Crippen LogP contribution in [0.25, 0.3) is 11.3 Å². The van der Waals surface area contributed by atoms with Gasteiger partial charge in [0.05, 0.1) is 22.8 Å². The number of amides is 1.